The van der Waals surface area contributed by atoms with Gasteiger partial charge < -0.3 is 15.0 Å². The molecule has 1 aromatic rings. The molecule has 2 rings (SSSR count). The van der Waals surface area contributed by atoms with E-state index >= 15 is 0 Å². The molecule has 9 heteroatoms. The number of nitrogens with zero attached hydrogens (tertiary/aromatic N) is 1. The molecule has 0 aromatic heterocycles. The number of carbonyl (C=O) groups excluding carboxylic acids is 4. The fraction of sp³-hybridized carbons (Fsp3) is 0.375. The largest absolute Gasteiger partial charge is 0.449 e. The Labute approximate surface area is 149 Å². The SMILES string of the molecule is CNC(=O)NC(=O)[C@H](C)OC(=O)c1ccc(Cl)c(N2CCCC2=O)c1. The smallest absolute Gasteiger partial charge is 0.338 e. The highest BCUT2D eigenvalue weighted by molar-refractivity contribution is 6.34. The molecule has 0 aliphatic carbocycles. The highest BCUT2D eigenvalue weighted by Crippen LogP contribution is 2.30. The zero-order valence-electron chi connectivity index (χ0n) is 13.8. The number of imide groups is 1. The number of esters is 1. The van der Waals surface area contributed by atoms with Gasteiger partial charge in [0.2, 0.25) is 5.91 Å². The maximum absolute atomic E-state index is 12.2. The predicted molar refractivity (Wildman–Crippen MR) is 90.5 cm³/mol. The van der Waals surface area contributed by atoms with Crippen molar-refractivity contribution in [1.82, 2.24) is 10.6 Å². The van der Waals surface area contributed by atoms with E-state index in [1.807, 2.05) is 5.32 Å². The maximum atomic E-state index is 12.2. The van der Waals surface area contributed by atoms with E-state index in [2.05, 4.69) is 5.32 Å². The van der Waals surface area contributed by atoms with Gasteiger partial charge in [0.1, 0.15) is 0 Å². The minimum atomic E-state index is -1.17. The second kappa shape index (κ2) is 7.98. The zero-order valence-corrected chi connectivity index (χ0v) is 14.6. The second-order valence-corrected chi connectivity index (χ2v) is 5.84. The Morgan fingerprint density at radius 1 is 1.32 bits per heavy atom. The van der Waals surface area contributed by atoms with Crippen molar-refractivity contribution >= 4 is 41.1 Å². The molecular formula is C16H18ClN3O5. The summed E-state index contributed by atoms with van der Waals surface area (Å²) in [6, 6.07) is 3.69. The number of anilines is 1. The number of urea groups is 1. The predicted octanol–water partition coefficient (Wildman–Crippen LogP) is 1.47. The topological polar surface area (TPSA) is 105 Å². The molecule has 1 heterocycles. The van der Waals surface area contributed by atoms with Gasteiger partial charge in [0, 0.05) is 20.0 Å². The summed E-state index contributed by atoms with van der Waals surface area (Å²) in [7, 11) is 1.36. The fourth-order valence-electron chi connectivity index (χ4n) is 2.31. The van der Waals surface area contributed by atoms with E-state index in [1.54, 1.807) is 0 Å². The van der Waals surface area contributed by atoms with Crippen molar-refractivity contribution in [3.8, 4) is 0 Å². The third-order valence-electron chi connectivity index (χ3n) is 3.66. The first kappa shape index (κ1) is 18.7. The van der Waals surface area contributed by atoms with Gasteiger partial charge in [-0.1, -0.05) is 11.6 Å². The van der Waals surface area contributed by atoms with Gasteiger partial charge in [-0.15, -0.1) is 0 Å². The van der Waals surface area contributed by atoms with E-state index in [-0.39, 0.29) is 11.5 Å². The van der Waals surface area contributed by atoms with Gasteiger partial charge in [-0.05, 0) is 31.5 Å². The van der Waals surface area contributed by atoms with Gasteiger partial charge in [0.25, 0.3) is 5.91 Å². The van der Waals surface area contributed by atoms with Gasteiger partial charge >= 0.3 is 12.0 Å². The van der Waals surface area contributed by atoms with Crippen LogP contribution in [0.3, 0.4) is 0 Å². The molecule has 134 valence electrons. The van der Waals surface area contributed by atoms with Crippen molar-refractivity contribution in [2.24, 2.45) is 0 Å². The number of hydrogen-bond donors (Lipinski definition) is 2. The number of ether oxygens (including phenoxy) is 1. The van der Waals surface area contributed by atoms with Gasteiger partial charge in [-0.25, -0.2) is 9.59 Å². The summed E-state index contributed by atoms with van der Waals surface area (Å²) in [5, 5.41) is 4.58. The molecule has 0 unspecified atom stereocenters. The lowest BCUT2D eigenvalue weighted by Crippen LogP contribution is -2.43. The van der Waals surface area contributed by atoms with E-state index < -0.39 is 24.0 Å². The minimum absolute atomic E-state index is 0.0641. The first-order valence-electron chi connectivity index (χ1n) is 7.67. The van der Waals surface area contributed by atoms with Crippen molar-refractivity contribution in [3.05, 3.63) is 28.8 Å². The Balaban J connectivity index is 2.10. The third-order valence-corrected chi connectivity index (χ3v) is 3.98. The molecule has 0 saturated carbocycles. The van der Waals surface area contributed by atoms with Crippen LogP contribution in [0.25, 0.3) is 0 Å². The van der Waals surface area contributed by atoms with Crippen LogP contribution in [0.5, 0.6) is 0 Å². The van der Waals surface area contributed by atoms with E-state index in [9.17, 15) is 19.2 Å². The zero-order chi connectivity index (χ0) is 18.6. The van der Waals surface area contributed by atoms with Crippen molar-refractivity contribution in [1.29, 1.82) is 0 Å². The van der Waals surface area contributed by atoms with Crippen LogP contribution in [0, 0.1) is 0 Å². The van der Waals surface area contributed by atoms with E-state index in [0.29, 0.717) is 23.7 Å². The quantitative estimate of drug-likeness (QED) is 0.784. The summed E-state index contributed by atoms with van der Waals surface area (Å²) in [6.45, 7) is 1.87. The highest BCUT2D eigenvalue weighted by Gasteiger charge is 2.26. The normalized spacial score (nSPS) is 14.8. The lowest BCUT2D eigenvalue weighted by molar-refractivity contribution is -0.127. The second-order valence-electron chi connectivity index (χ2n) is 5.43. The fourth-order valence-corrected chi connectivity index (χ4v) is 2.53. The molecule has 1 aromatic carbocycles. The lowest BCUT2D eigenvalue weighted by atomic mass is 10.2. The molecule has 1 aliphatic heterocycles. The van der Waals surface area contributed by atoms with Crippen LogP contribution in [0.1, 0.15) is 30.1 Å². The Morgan fingerprint density at radius 2 is 2.04 bits per heavy atom. The van der Waals surface area contributed by atoms with E-state index in [1.165, 1.54) is 37.1 Å². The van der Waals surface area contributed by atoms with Crippen LogP contribution in [0.2, 0.25) is 5.02 Å². The molecular weight excluding hydrogens is 350 g/mol. The number of halogens is 1. The molecule has 0 bridgehead atoms. The monoisotopic (exact) mass is 367 g/mol. The lowest BCUT2D eigenvalue weighted by Gasteiger charge is -2.18. The molecule has 4 amide bonds. The van der Waals surface area contributed by atoms with Crippen molar-refractivity contribution in [2.45, 2.75) is 25.9 Å². The Morgan fingerprint density at radius 3 is 2.64 bits per heavy atom. The Hall–Kier alpha value is -2.61. The summed E-state index contributed by atoms with van der Waals surface area (Å²) >= 11 is 6.12. The van der Waals surface area contributed by atoms with Crippen molar-refractivity contribution in [2.75, 3.05) is 18.5 Å². The van der Waals surface area contributed by atoms with Gasteiger partial charge in [0.15, 0.2) is 6.10 Å². The van der Waals surface area contributed by atoms with E-state index in [0.717, 1.165) is 6.42 Å². The molecule has 1 aliphatic rings. The maximum Gasteiger partial charge on any atom is 0.338 e. The molecule has 1 fully saturated rings. The summed E-state index contributed by atoms with van der Waals surface area (Å²) < 4.78 is 5.05. The third kappa shape index (κ3) is 4.48. The number of amides is 4. The molecule has 0 radical (unpaired) electrons. The van der Waals surface area contributed by atoms with Crippen LogP contribution < -0.4 is 15.5 Å². The van der Waals surface area contributed by atoms with Crippen LogP contribution in [0.15, 0.2) is 18.2 Å². The van der Waals surface area contributed by atoms with Gasteiger partial charge in [-0.3, -0.25) is 14.9 Å². The minimum Gasteiger partial charge on any atom is -0.449 e. The summed E-state index contributed by atoms with van der Waals surface area (Å²) in [6.07, 6.45) is -0.0141. The average molecular weight is 368 g/mol. The van der Waals surface area contributed by atoms with Crippen LogP contribution >= 0.6 is 11.6 Å². The summed E-state index contributed by atoms with van der Waals surface area (Å²) in [4.78, 5) is 48.4. The number of nitrogens with one attached hydrogen (secondary N) is 2. The van der Waals surface area contributed by atoms with Crippen molar-refractivity contribution < 1.29 is 23.9 Å². The van der Waals surface area contributed by atoms with Crippen LogP contribution in [0.4, 0.5) is 10.5 Å². The number of hydrogen-bond acceptors (Lipinski definition) is 5. The standard InChI is InChI=1S/C16H18ClN3O5/c1-9(14(22)19-16(24)18-2)25-15(23)10-5-6-11(17)12(8-10)20-7-3-4-13(20)21/h5-6,8-9H,3-4,7H2,1-2H3,(H2,18,19,22,24)/t9-/m0/s1. The van der Waals surface area contributed by atoms with Crippen LogP contribution in [-0.2, 0) is 14.3 Å². The first-order valence-corrected chi connectivity index (χ1v) is 8.04. The summed E-state index contributed by atoms with van der Waals surface area (Å²) in [5.74, 6) is -1.58. The molecule has 25 heavy (non-hydrogen) atoms. The van der Waals surface area contributed by atoms with Crippen molar-refractivity contribution in [3.63, 3.8) is 0 Å². The summed E-state index contributed by atoms with van der Waals surface area (Å²) in [5.41, 5.74) is 0.583. The van der Waals surface area contributed by atoms with Crippen LogP contribution in [-0.4, -0.2) is 43.5 Å². The number of benzene rings is 1. The van der Waals surface area contributed by atoms with Gasteiger partial charge in [0.05, 0.1) is 16.3 Å². The first-order chi connectivity index (χ1) is 11.8. The molecule has 2 N–H and O–H groups in total. The Bertz CT molecular complexity index is 722. The average Bonchev–Trinajstić information content (AvgIpc) is 3.00. The molecule has 8 nitrogen and oxygen atoms in total. The highest BCUT2D eigenvalue weighted by atomic mass is 35.5. The number of rotatable bonds is 4. The Kier molecular flexibility index (Phi) is 5.97. The molecule has 1 saturated heterocycles. The molecule has 0 spiro atoms. The molecule has 1 atom stereocenters. The van der Waals surface area contributed by atoms with E-state index in [4.69, 9.17) is 16.3 Å². The number of carbonyl (C=O) groups is 4. The van der Waals surface area contributed by atoms with Gasteiger partial charge in [-0.2, -0.15) is 0 Å².